The van der Waals surface area contributed by atoms with E-state index in [0.29, 0.717) is 45.1 Å². The minimum absolute atomic E-state index is 0.0440. The van der Waals surface area contributed by atoms with E-state index in [9.17, 15) is 25.0 Å². The Bertz CT molecular complexity index is 1380. The summed E-state index contributed by atoms with van der Waals surface area (Å²) in [5.41, 5.74) is 3.20. The maximum atomic E-state index is 12.7. The van der Waals surface area contributed by atoms with Crippen LogP contribution in [0, 0.1) is 28.4 Å². The SMILES string of the molecule is CCOC(=O)C[n+]1ccc(-c2c(-c3cccc([N+](=O)[O-])c3)c(C#N)c3[n+](c2C)C(=O)CS3)cc1. The molecular formula is C24H20N4O5S+2. The molecule has 3 heterocycles. The lowest BCUT2D eigenvalue weighted by atomic mass is 9.90. The summed E-state index contributed by atoms with van der Waals surface area (Å²) in [6.45, 7) is 3.87. The highest BCUT2D eigenvalue weighted by Gasteiger charge is 2.40. The average molecular weight is 477 g/mol. The molecule has 4 rings (SSSR count). The van der Waals surface area contributed by atoms with Crippen molar-refractivity contribution >= 4 is 29.3 Å². The largest absolute Gasteiger partial charge is 0.461 e. The molecule has 1 aliphatic heterocycles. The molecule has 0 bridgehead atoms. The zero-order chi connectivity index (χ0) is 24.4. The van der Waals surface area contributed by atoms with Crippen LogP contribution in [-0.4, -0.2) is 29.2 Å². The first-order valence-corrected chi connectivity index (χ1v) is 11.4. The lowest BCUT2D eigenvalue weighted by Crippen LogP contribution is -2.45. The first kappa shape index (κ1) is 23.1. The number of rotatable bonds is 6. The van der Waals surface area contributed by atoms with Gasteiger partial charge in [-0.3, -0.25) is 10.1 Å². The molecule has 0 radical (unpaired) electrons. The molecule has 0 N–H and O–H groups in total. The van der Waals surface area contributed by atoms with Gasteiger partial charge in [0.2, 0.25) is 6.54 Å². The highest BCUT2D eigenvalue weighted by atomic mass is 32.2. The molecule has 1 aromatic carbocycles. The molecule has 1 aliphatic rings. The van der Waals surface area contributed by atoms with E-state index in [-0.39, 0.29) is 29.9 Å². The number of non-ortho nitro benzene ring substituents is 1. The summed E-state index contributed by atoms with van der Waals surface area (Å²) in [5.74, 6) is -0.285. The second-order valence-corrected chi connectivity index (χ2v) is 8.48. The number of aromatic nitrogens is 2. The van der Waals surface area contributed by atoms with Crippen LogP contribution in [0.25, 0.3) is 22.3 Å². The summed E-state index contributed by atoms with van der Waals surface area (Å²) in [5, 5.41) is 22.0. The van der Waals surface area contributed by atoms with Gasteiger partial charge in [-0.1, -0.05) is 12.1 Å². The van der Waals surface area contributed by atoms with Crippen molar-refractivity contribution in [2.24, 2.45) is 0 Å². The second-order valence-electron chi connectivity index (χ2n) is 7.52. The highest BCUT2D eigenvalue weighted by Crippen LogP contribution is 2.41. The van der Waals surface area contributed by atoms with Gasteiger partial charge in [0.15, 0.2) is 18.1 Å². The number of carbonyl (C=O) groups excluding carboxylic acids is 2. The summed E-state index contributed by atoms with van der Waals surface area (Å²) >= 11 is 1.28. The van der Waals surface area contributed by atoms with Crippen molar-refractivity contribution in [3.8, 4) is 28.3 Å². The van der Waals surface area contributed by atoms with Crippen molar-refractivity contribution in [3.63, 3.8) is 0 Å². The second kappa shape index (κ2) is 9.41. The number of nitro benzene ring substituents is 1. The maximum Gasteiger partial charge on any atom is 0.403 e. The van der Waals surface area contributed by atoms with Gasteiger partial charge in [0, 0.05) is 42.3 Å². The maximum absolute atomic E-state index is 12.7. The quantitative estimate of drug-likeness (QED) is 0.232. The van der Waals surface area contributed by atoms with Crippen molar-refractivity contribution in [3.05, 3.63) is 70.2 Å². The fourth-order valence-electron chi connectivity index (χ4n) is 4.03. The van der Waals surface area contributed by atoms with E-state index < -0.39 is 4.92 Å². The Kier molecular flexibility index (Phi) is 6.38. The van der Waals surface area contributed by atoms with Gasteiger partial charge in [0.1, 0.15) is 17.4 Å². The normalized spacial score (nSPS) is 12.2. The Balaban J connectivity index is 1.95. The van der Waals surface area contributed by atoms with E-state index in [1.165, 1.54) is 23.9 Å². The lowest BCUT2D eigenvalue weighted by Gasteiger charge is -2.14. The summed E-state index contributed by atoms with van der Waals surface area (Å²) < 4.78 is 8.19. The van der Waals surface area contributed by atoms with Crippen LogP contribution < -0.4 is 9.13 Å². The van der Waals surface area contributed by atoms with E-state index >= 15 is 0 Å². The molecule has 2 aromatic heterocycles. The van der Waals surface area contributed by atoms with Crippen LogP contribution >= 0.6 is 11.8 Å². The van der Waals surface area contributed by atoms with Gasteiger partial charge in [-0.25, -0.2) is 9.59 Å². The third kappa shape index (κ3) is 4.13. The van der Waals surface area contributed by atoms with Crippen LogP contribution in [-0.2, 0) is 16.1 Å². The number of carbonyl (C=O) groups is 2. The predicted octanol–water partition coefficient (Wildman–Crippen LogP) is 2.99. The average Bonchev–Trinajstić information content (AvgIpc) is 3.21. The molecule has 0 unspecified atom stereocenters. The predicted molar refractivity (Wildman–Crippen MR) is 122 cm³/mol. The van der Waals surface area contributed by atoms with E-state index in [1.807, 2.05) is 0 Å². The summed E-state index contributed by atoms with van der Waals surface area (Å²) in [4.78, 5) is 35.4. The van der Waals surface area contributed by atoms with Gasteiger partial charge >= 0.3 is 11.9 Å². The molecule has 0 saturated heterocycles. The van der Waals surface area contributed by atoms with Crippen LogP contribution in [0.4, 0.5) is 5.69 Å². The standard InChI is InChI=1S/C24H20N4O5S/c1-3-33-21(30)13-26-9-7-16(8-10-26)22-15(2)27-20(29)14-34-24(27)19(12-25)23(22)17-5-4-6-18(11-17)28(31)32/h4-11H,3,13-14H2,1-2H3/q+2. The number of hydrogen-bond donors (Lipinski definition) is 0. The molecule has 0 amide bonds. The van der Waals surface area contributed by atoms with Crippen LogP contribution in [0.15, 0.2) is 53.8 Å². The van der Waals surface area contributed by atoms with Crippen LogP contribution in [0.1, 0.15) is 23.0 Å². The Morgan fingerprint density at radius 2 is 1.97 bits per heavy atom. The molecule has 10 heteroatoms. The monoisotopic (exact) mass is 476 g/mol. The molecule has 170 valence electrons. The Morgan fingerprint density at radius 3 is 2.62 bits per heavy atom. The molecule has 0 fully saturated rings. The molecule has 0 saturated carbocycles. The van der Waals surface area contributed by atoms with Crippen molar-refractivity contribution in [1.82, 2.24) is 0 Å². The van der Waals surface area contributed by atoms with Crippen molar-refractivity contribution in [1.29, 1.82) is 5.26 Å². The molecule has 3 aromatic rings. The van der Waals surface area contributed by atoms with Crippen LogP contribution in [0.2, 0.25) is 0 Å². The molecule has 9 nitrogen and oxygen atoms in total. The number of esters is 1. The van der Waals surface area contributed by atoms with Crippen molar-refractivity contribution in [2.45, 2.75) is 25.4 Å². The van der Waals surface area contributed by atoms with Crippen LogP contribution in [0.3, 0.4) is 0 Å². The van der Waals surface area contributed by atoms with Gasteiger partial charge in [-0.15, -0.1) is 4.57 Å². The first-order valence-electron chi connectivity index (χ1n) is 10.4. The summed E-state index contributed by atoms with van der Waals surface area (Å²) in [6, 6.07) is 11.9. The fourth-order valence-corrected chi connectivity index (χ4v) is 5.08. The van der Waals surface area contributed by atoms with E-state index in [1.54, 1.807) is 59.6 Å². The van der Waals surface area contributed by atoms with E-state index in [4.69, 9.17) is 4.74 Å². The number of hydrogen-bond acceptors (Lipinski definition) is 7. The Hall–Kier alpha value is -4.10. The van der Waals surface area contributed by atoms with E-state index in [2.05, 4.69) is 6.07 Å². The molecule has 0 spiro atoms. The third-order valence-electron chi connectivity index (χ3n) is 5.45. The topological polar surface area (TPSA) is 118 Å². The number of thioether (sulfide) groups is 1. The van der Waals surface area contributed by atoms with Gasteiger partial charge in [-0.2, -0.15) is 9.83 Å². The molecule has 0 aliphatic carbocycles. The van der Waals surface area contributed by atoms with Crippen LogP contribution in [0.5, 0.6) is 0 Å². The summed E-state index contributed by atoms with van der Waals surface area (Å²) in [6.07, 6.45) is 3.42. The fraction of sp³-hybridized carbons (Fsp3) is 0.208. The smallest absolute Gasteiger partial charge is 0.403 e. The van der Waals surface area contributed by atoms with Gasteiger partial charge in [0.05, 0.1) is 17.1 Å². The summed E-state index contributed by atoms with van der Waals surface area (Å²) in [7, 11) is 0. The minimum Gasteiger partial charge on any atom is -0.461 e. The zero-order valence-electron chi connectivity index (χ0n) is 18.5. The Morgan fingerprint density at radius 1 is 1.24 bits per heavy atom. The number of benzene rings is 1. The highest BCUT2D eigenvalue weighted by molar-refractivity contribution is 8.00. The minimum atomic E-state index is -0.483. The van der Waals surface area contributed by atoms with Crippen molar-refractivity contribution < 1.29 is 28.4 Å². The number of nitro groups is 1. The third-order valence-corrected chi connectivity index (χ3v) is 6.50. The van der Waals surface area contributed by atoms with Gasteiger partial charge in [0.25, 0.3) is 10.7 Å². The lowest BCUT2D eigenvalue weighted by molar-refractivity contribution is -0.685. The molecule has 34 heavy (non-hydrogen) atoms. The first-order chi connectivity index (χ1) is 16.3. The molecule has 0 atom stereocenters. The number of nitriles is 1. The van der Waals surface area contributed by atoms with Gasteiger partial charge < -0.3 is 4.74 Å². The number of fused-ring (bicyclic) bond motifs is 1. The zero-order valence-corrected chi connectivity index (χ0v) is 19.3. The number of nitrogens with zero attached hydrogens (tertiary/aromatic N) is 4. The number of ether oxygens (including phenoxy) is 1. The number of pyridine rings is 2. The van der Waals surface area contributed by atoms with Crippen molar-refractivity contribution in [2.75, 3.05) is 12.4 Å². The van der Waals surface area contributed by atoms with E-state index in [0.717, 1.165) is 0 Å². The molecular weight excluding hydrogens is 456 g/mol. The Labute approximate surface area is 199 Å². The van der Waals surface area contributed by atoms with Gasteiger partial charge in [-0.05, 0) is 24.2 Å².